The molecule has 5 nitrogen and oxygen atoms in total. The summed E-state index contributed by atoms with van der Waals surface area (Å²) >= 11 is 0. The Labute approximate surface area is 125 Å². The zero-order valence-corrected chi connectivity index (χ0v) is 13.2. The summed E-state index contributed by atoms with van der Waals surface area (Å²) in [6.45, 7) is 5.75. The second kappa shape index (κ2) is 7.78. The van der Waals surface area contributed by atoms with Gasteiger partial charge in [-0.25, -0.2) is 0 Å². The van der Waals surface area contributed by atoms with E-state index < -0.39 is 12.0 Å². The van der Waals surface area contributed by atoms with Gasteiger partial charge in [0.2, 0.25) is 0 Å². The topological polar surface area (TPSA) is 64.6 Å². The van der Waals surface area contributed by atoms with Gasteiger partial charge in [-0.05, 0) is 19.1 Å². The van der Waals surface area contributed by atoms with Crippen LogP contribution in [0.2, 0.25) is 0 Å². The molecule has 5 heteroatoms. The van der Waals surface area contributed by atoms with Crippen LogP contribution in [0.3, 0.4) is 0 Å². The van der Waals surface area contributed by atoms with E-state index in [4.69, 9.17) is 4.74 Å². The number of ether oxygens (including phenoxy) is 2. The Balaban J connectivity index is 3.09. The fourth-order valence-electron chi connectivity index (χ4n) is 2.08. The summed E-state index contributed by atoms with van der Waals surface area (Å²) in [6.07, 6.45) is -0.00932. The molecule has 0 fully saturated rings. The largest absolute Gasteiger partial charge is 0.496 e. The van der Waals surface area contributed by atoms with Crippen molar-refractivity contribution in [3.63, 3.8) is 0 Å². The summed E-state index contributed by atoms with van der Waals surface area (Å²) in [5.41, 5.74) is 1.43. The van der Waals surface area contributed by atoms with Gasteiger partial charge in [-0.15, -0.1) is 0 Å². The van der Waals surface area contributed by atoms with Gasteiger partial charge in [0.15, 0.2) is 5.78 Å². The van der Waals surface area contributed by atoms with Crippen LogP contribution in [0.25, 0.3) is 0 Å². The van der Waals surface area contributed by atoms with Gasteiger partial charge in [0.05, 0.1) is 32.2 Å². The third kappa shape index (κ3) is 4.86. The van der Waals surface area contributed by atoms with E-state index in [0.29, 0.717) is 11.3 Å². The number of rotatable bonds is 7. The van der Waals surface area contributed by atoms with Crippen LogP contribution in [0.15, 0.2) is 18.2 Å². The number of aryl methyl sites for hydroxylation is 1. The second-order valence-electron chi connectivity index (χ2n) is 5.22. The predicted molar refractivity (Wildman–Crippen MR) is 80.8 cm³/mol. The van der Waals surface area contributed by atoms with E-state index in [2.05, 4.69) is 10.1 Å². The summed E-state index contributed by atoms with van der Waals surface area (Å²) in [7, 11) is 2.83. The molecular weight excluding hydrogens is 270 g/mol. The fraction of sp³-hybridized carbons (Fsp3) is 0.500. The van der Waals surface area contributed by atoms with Gasteiger partial charge >= 0.3 is 5.97 Å². The lowest BCUT2D eigenvalue weighted by Crippen LogP contribution is -2.42. The lowest BCUT2D eigenvalue weighted by molar-refractivity contribution is -0.141. The summed E-state index contributed by atoms with van der Waals surface area (Å²) in [6, 6.07) is 4.84. The third-order valence-corrected chi connectivity index (χ3v) is 3.07. The molecular formula is C16H23NO4. The highest BCUT2D eigenvalue weighted by Gasteiger charge is 2.26. The molecule has 0 heterocycles. The van der Waals surface area contributed by atoms with Gasteiger partial charge < -0.3 is 14.8 Å². The van der Waals surface area contributed by atoms with Gasteiger partial charge in [-0.2, -0.15) is 0 Å². The minimum Gasteiger partial charge on any atom is -0.496 e. The van der Waals surface area contributed by atoms with Crippen LogP contribution in [0.1, 0.15) is 36.2 Å². The molecule has 1 aromatic carbocycles. The zero-order valence-electron chi connectivity index (χ0n) is 13.2. The van der Waals surface area contributed by atoms with Crippen molar-refractivity contribution in [2.45, 2.75) is 39.3 Å². The lowest BCUT2D eigenvalue weighted by Gasteiger charge is -2.20. The maximum absolute atomic E-state index is 12.7. The minimum absolute atomic E-state index is 0.00932. The molecule has 0 saturated carbocycles. The monoisotopic (exact) mass is 293 g/mol. The van der Waals surface area contributed by atoms with Gasteiger partial charge in [-0.1, -0.05) is 25.5 Å². The molecule has 1 N–H and O–H groups in total. The van der Waals surface area contributed by atoms with Crippen LogP contribution in [-0.4, -0.2) is 38.1 Å². The average Bonchev–Trinajstić information content (AvgIpc) is 2.45. The highest BCUT2D eigenvalue weighted by molar-refractivity contribution is 6.04. The first-order valence-corrected chi connectivity index (χ1v) is 6.90. The van der Waals surface area contributed by atoms with Crippen LogP contribution in [0.4, 0.5) is 0 Å². The standard InChI is InChI=1S/C16H23NO4/c1-10(2)17-13(9-15(18)21-5)16(19)12-8-11(3)6-7-14(12)20-4/h6-8,10,13,17H,9H2,1-5H3. The third-order valence-electron chi connectivity index (χ3n) is 3.07. The van der Waals surface area contributed by atoms with Crippen LogP contribution in [0.5, 0.6) is 5.75 Å². The van der Waals surface area contributed by atoms with Crippen molar-refractivity contribution >= 4 is 11.8 Å². The number of Topliss-reactive ketones (excluding diaryl/α,β-unsaturated/α-hetero) is 1. The summed E-state index contributed by atoms with van der Waals surface area (Å²) < 4.78 is 9.91. The van der Waals surface area contributed by atoms with Crippen molar-refractivity contribution in [2.75, 3.05) is 14.2 Å². The molecule has 0 radical (unpaired) electrons. The number of carbonyl (C=O) groups is 2. The molecule has 0 aliphatic carbocycles. The van der Waals surface area contributed by atoms with Crippen LogP contribution < -0.4 is 10.1 Å². The zero-order chi connectivity index (χ0) is 16.0. The van der Waals surface area contributed by atoms with E-state index in [9.17, 15) is 9.59 Å². The summed E-state index contributed by atoms with van der Waals surface area (Å²) in [5, 5.41) is 3.11. The Kier molecular flexibility index (Phi) is 6.37. The Bertz CT molecular complexity index is 511. The Morgan fingerprint density at radius 1 is 1.24 bits per heavy atom. The van der Waals surface area contributed by atoms with Crippen molar-refractivity contribution < 1.29 is 19.1 Å². The molecule has 116 valence electrons. The van der Waals surface area contributed by atoms with E-state index in [0.717, 1.165) is 5.56 Å². The number of esters is 1. The molecule has 1 rings (SSSR count). The van der Waals surface area contributed by atoms with Crippen molar-refractivity contribution in [1.29, 1.82) is 0 Å². The van der Waals surface area contributed by atoms with Gasteiger partial charge in [0, 0.05) is 6.04 Å². The SMILES string of the molecule is COC(=O)CC(NC(C)C)C(=O)c1cc(C)ccc1OC. The quantitative estimate of drug-likeness (QED) is 0.616. The Hall–Kier alpha value is -1.88. The first-order valence-electron chi connectivity index (χ1n) is 6.90. The fourth-order valence-corrected chi connectivity index (χ4v) is 2.08. The number of hydrogen-bond donors (Lipinski definition) is 1. The second-order valence-corrected chi connectivity index (χ2v) is 5.22. The molecule has 0 aliphatic rings. The van der Waals surface area contributed by atoms with E-state index in [1.807, 2.05) is 26.8 Å². The number of ketones is 1. The number of carbonyl (C=O) groups excluding carboxylic acids is 2. The number of benzene rings is 1. The van der Waals surface area contributed by atoms with Crippen molar-refractivity contribution in [3.05, 3.63) is 29.3 Å². The molecule has 0 spiro atoms. The van der Waals surface area contributed by atoms with Gasteiger partial charge in [0.25, 0.3) is 0 Å². The Morgan fingerprint density at radius 3 is 2.43 bits per heavy atom. The van der Waals surface area contributed by atoms with E-state index >= 15 is 0 Å². The Morgan fingerprint density at radius 2 is 1.90 bits per heavy atom. The molecule has 1 aromatic rings. The van der Waals surface area contributed by atoms with Crippen molar-refractivity contribution in [3.8, 4) is 5.75 Å². The highest BCUT2D eigenvalue weighted by atomic mass is 16.5. The molecule has 0 bridgehead atoms. The van der Waals surface area contributed by atoms with Crippen molar-refractivity contribution in [1.82, 2.24) is 5.32 Å². The molecule has 21 heavy (non-hydrogen) atoms. The predicted octanol–water partition coefficient (Wildman–Crippen LogP) is 2.12. The first-order chi connectivity index (χ1) is 9.88. The normalized spacial score (nSPS) is 12.1. The highest BCUT2D eigenvalue weighted by Crippen LogP contribution is 2.22. The maximum Gasteiger partial charge on any atom is 0.307 e. The van der Waals surface area contributed by atoms with E-state index in [-0.39, 0.29) is 18.2 Å². The van der Waals surface area contributed by atoms with Gasteiger partial charge in [0.1, 0.15) is 5.75 Å². The van der Waals surface area contributed by atoms with Crippen LogP contribution in [-0.2, 0) is 9.53 Å². The molecule has 1 atom stereocenters. The molecule has 1 unspecified atom stereocenters. The number of hydrogen-bond acceptors (Lipinski definition) is 5. The minimum atomic E-state index is -0.631. The van der Waals surface area contributed by atoms with Crippen LogP contribution >= 0.6 is 0 Å². The average molecular weight is 293 g/mol. The number of nitrogens with one attached hydrogen (secondary N) is 1. The summed E-state index contributed by atoms with van der Waals surface area (Å²) in [4.78, 5) is 24.2. The summed E-state index contributed by atoms with van der Waals surface area (Å²) in [5.74, 6) is -0.0891. The molecule has 0 amide bonds. The maximum atomic E-state index is 12.7. The first kappa shape index (κ1) is 17.2. The van der Waals surface area contributed by atoms with Crippen LogP contribution in [0, 0.1) is 6.92 Å². The molecule has 0 saturated heterocycles. The molecule has 0 aliphatic heterocycles. The van der Waals surface area contributed by atoms with E-state index in [1.165, 1.54) is 14.2 Å². The van der Waals surface area contributed by atoms with E-state index in [1.54, 1.807) is 12.1 Å². The molecule has 0 aromatic heterocycles. The number of methoxy groups -OCH3 is 2. The van der Waals surface area contributed by atoms with Crippen molar-refractivity contribution in [2.24, 2.45) is 0 Å². The lowest BCUT2D eigenvalue weighted by atomic mass is 9.98. The smallest absolute Gasteiger partial charge is 0.307 e. The van der Waals surface area contributed by atoms with Gasteiger partial charge in [-0.3, -0.25) is 9.59 Å².